The minimum absolute atomic E-state index is 0.0316. The number of ether oxygens (including phenoxy) is 1. The highest BCUT2D eigenvalue weighted by Crippen LogP contribution is 2.32. The lowest BCUT2D eigenvalue weighted by molar-refractivity contribution is -0.274. The molecule has 10 heteroatoms. The second-order valence-corrected chi connectivity index (χ2v) is 6.38. The van der Waals surface area contributed by atoms with Crippen molar-refractivity contribution in [2.24, 2.45) is 0 Å². The van der Waals surface area contributed by atoms with Crippen LogP contribution in [0.5, 0.6) is 5.75 Å². The van der Waals surface area contributed by atoms with Crippen molar-refractivity contribution >= 4 is 43.2 Å². The van der Waals surface area contributed by atoms with E-state index in [1.807, 2.05) is 0 Å². The van der Waals surface area contributed by atoms with E-state index in [0.717, 1.165) is 18.2 Å². The first-order valence-corrected chi connectivity index (χ1v) is 7.73. The monoisotopic (exact) mass is 381 g/mol. The number of benzene rings is 1. The van der Waals surface area contributed by atoms with Crippen LogP contribution >= 0.6 is 27.5 Å². The Morgan fingerprint density at radius 2 is 2.00 bits per heavy atom. The van der Waals surface area contributed by atoms with Gasteiger partial charge < -0.3 is 4.74 Å². The molecule has 0 aliphatic carbocycles. The molecule has 0 bridgehead atoms. The second-order valence-electron chi connectivity index (χ2n) is 3.30. The highest BCUT2D eigenvalue weighted by molar-refractivity contribution is 9.10. The molecule has 0 aliphatic heterocycles. The Morgan fingerprint density at radius 1 is 1.37 bits per heavy atom. The summed E-state index contributed by atoms with van der Waals surface area (Å²) in [5, 5.41) is 0. The third-order valence-electron chi connectivity index (χ3n) is 1.78. The molecule has 0 spiro atoms. The summed E-state index contributed by atoms with van der Waals surface area (Å²) in [6, 6.07) is 3.31. The van der Waals surface area contributed by atoms with Crippen molar-refractivity contribution in [3.8, 4) is 5.75 Å². The maximum atomic E-state index is 12.0. The van der Waals surface area contributed by atoms with Crippen LogP contribution < -0.4 is 9.46 Å². The largest absolute Gasteiger partial charge is 0.573 e. The van der Waals surface area contributed by atoms with E-state index in [4.69, 9.17) is 11.6 Å². The predicted molar refractivity (Wildman–Crippen MR) is 69.0 cm³/mol. The van der Waals surface area contributed by atoms with Gasteiger partial charge in [-0.1, -0.05) is 0 Å². The fraction of sp³-hybridized carbons (Fsp3) is 0.333. The zero-order valence-corrected chi connectivity index (χ0v) is 12.3. The molecule has 0 fully saturated rings. The van der Waals surface area contributed by atoms with Crippen molar-refractivity contribution in [1.29, 1.82) is 0 Å². The number of anilines is 1. The number of alkyl halides is 4. The van der Waals surface area contributed by atoms with Crippen LogP contribution in [0.1, 0.15) is 0 Å². The molecule has 1 rings (SSSR count). The average Bonchev–Trinajstić information content (AvgIpc) is 2.19. The summed E-state index contributed by atoms with van der Waals surface area (Å²) in [4.78, 5) is 0. The molecular formula is C9H8BrClF3NO3S. The molecule has 19 heavy (non-hydrogen) atoms. The van der Waals surface area contributed by atoms with Crippen molar-refractivity contribution in [3.05, 3.63) is 22.7 Å². The first-order chi connectivity index (χ1) is 8.63. The van der Waals surface area contributed by atoms with Crippen LogP contribution in [-0.4, -0.2) is 26.4 Å². The van der Waals surface area contributed by atoms with Crippen LogP contribution in [0.3, 0.4) is 0 Å². The fourth-order valence-corrected chi connectivity index (χ4v) is 2.96. The minimum atomic E-state index is -4.82. The van der Waals surface area contributed by atoms with Gasteiger partial charge >= 0.3 is 6.36 Å². The van der Waals surface area contributed by atoms with E-state index >= 15 is 0 Å². The van der Waals surface area contributed by atoms with Gasteiger partial charge in [0, 0.05) is 11.6 Å². The highest BCUT2D eigenvalue weighted by atomic mass is 79.9. The number of rotatable bonds is 5. The lowest BCUT2D eigenvalue weighted by Gasteiger charge is -2.12. The highest BCUT2D eigenvalue weighted by Gasteiger charge is 2.32. The van der Waals surface area contributed by atoms with Gasteiger partial charge in [0.05, 0.1) is 10.2 Å². The molecule has 0 atom stereocenters. The molecule has 0 radical (unpaired) electrons. The summed E-state index contributed by atoms with van der Waals surface area (Å²) < 4.78 is 64.7. The maximum Gasteiger partial charge on any atom is 0.573 e. The number of hydrogen-bond acceptors (Lipinski definition) is 3. The summed E-state index contributed by atoms with van der Waals surface area (Å²) in [7, 11) is -3.62. The average molecular weight is 383 g/mol. The Balaban J connectivity index is 2.89. The Kier molecular flexibility index (Phi) is 5.34. The van der Waals surface area contributed by atoms with E-state index in [-0.39, 0.29) is 21.8 Å². The van der Waals surface area contributed by atoms with Crippen LogP contribution in [0.15, 0.2) is 22.7 Å². The molecule has 0 aromatic heterocycles. The quantitative estimate of drug-likeness (QED) is 0.795. The third-order valence-corrected chi connectivity index (χ3v) is 4.10. The minimum Gasteiger partial charge on any atom is -0.405 e. The number of sulfonamides is 1. The summed E-state index contributed by atoms with van der Waals surface area (Å²) in [5.74, 6) is -0.855. The Morgan fingerprint density at radius 3 is 2.47 bits per heavy atom. The molecule has 0 aliphatic rings. The predicted octanol–water partition coefficient (Wildman–Crippen LogP) is 3.33. The van der Waals surface area contributed by atoms with Gasteiger partial charge in [0.25, 0.3) is 0 Å². The van der Waals surface area contributed by atoms with Gasteiger partial charge in [0.1, 0.15) is 5.75 Å². The van der Waals surface area contributed by atoms with Crippen LogP contribution in [0.2, 0.25) is 0 Å². The maximum absolute atomic E-state index is 12.0. The zero-order chi connectivity index (χ0) is 14.7. The standard InChI is InChI=1S/C9H8BrClF3NO3S/c10-7-5-6(15-19(16,17)4-3-11)1-2-8(7)18-9(12,13)14/h1-2,5,15H,3-4H2. The molecule has 0 saturated heterocycles. The van der Waals surface area contributed by atoms with Gasteiger partial charge in [-0.15, -0.1) is 24.8 Å². The van der Waals surface area contributed by atoms with Gasteiger partial charge in [0.2, 0.25) is 10.0 Å². The summed E-state index contributed by atoms with van der Waals surface area (Å²) in [6.45, 7) is 0. The molecule has 108 valence electrons. The van der Waals surface area contributed by atoms with E-state index < -0.39 is 22.1 Å². The smallest absolute Gasteiger partial charge is 0.405 e. The van der Waals surface area contributed by atoms with Crippen LogP contribution in [-0.2, 0) is 10.0 Å². The molecule has 1 aromatic rings. The molecule has 0 saturated carbocycles. The van der Waals surface area contributed by atoms with E-state index in [1.165, 1.54) is 0 Å². The molecular weight excluding hydrogens is 375 g/mol. The Hall–Kier alpha value is -0.670. The first kappa shape index (κ1) is 16.4. The van der Waals surface area contributed by atoms with Gasteiger partial charge in [-0.3, -0.25) is 4.72 Å². The van der Waals surface area contributed by atoms with Gasteiger partial charge in [-0.25, -0.2) is 8.42 Å². The topological polar surface area (TPSA) is 55.4 Å². The zero-order valence-electron chi connectivity index (χ0n) is 9.17. The summed E-state index contributed by atoms with van der Waals surface area (Å²) in [5.41, 5.74) is 0.103. The van der Waals surface area contributed by atoms with E-state index in [2.05, 4.69) is 25.4 Å². The van der Waals surface area contributed by atoms with Gasteiger partial charge in [-0.05, 0) is 34.1 Å². The molecule has 0 heterocycles. The Bertz CT molecular complexity index is 550. The SMILES string of the molecule is O=S(=O)(CCCl)Nc1ccc(OC(F)(F)F)c(Br)c1. The fourth-order valence-electron chi connectivity index (χ4n) is 1.10. The third kappa shape index (κ3) is 5.87. The molecule has 4 nitrogen and oxygen atoms in total. The van der Waals surface area contributed by atoms with Gasteiger partial charge in [0.15, 0.2) is 0 Å². The van der Waals surface area contributed by atoms with E-state index in [9.17, 15) is 21.6 Å². The van der Waals surface area contributed by atoms with Crippen molar-refractivity contribution in [2.45, 2.75) is 6.36 Å². The number of hydrogen-bond donors (Lipinski definition) is 1. The lowest BCUT2D eigenvalue weighted by Crippen LogP contribution is -2.18. The van der Waals surface area contributed by atoms with E-state index in [1.54, 1.807) is 0 Å². The molecule has 1 N–H and O–H groups in total. The van der Waals surface area contributed by atoms with Crippen molar-refractivity contribution in [3.63, 3.8) is 0 Å². The summed E-state index contributed by atoms with van der Waals surface area (Å²) >= 11 is 8.17. The van der Waals surface area contributed by atoms with Crippen molar-refractivity contribution < 1.29 is 26.3 Å². The van der Waals surface area contributed by atoms with Crippen molar-refractivity contribution in [2.75, 3.05) is 16.4 Å². The summed E-state index contributed by atoms with van der Waals surface area (Å²) in [6.07, 6.45) is -4.82. The second kappa shape index (κ2) is 6.19. The molecule has 0 amide bonds. The number of halogens is 5. The van der Waals surface area contributed by atoms with Crippen LogP contribution in [0.25, 0.3) is 0 Å². The normalized spacial score (nSPS) is 12.3. The van der Waals surface area contributed by atoms with Gasteiger partial charge in [-0.2, -0.15) is 0 Å². The molecule has 0 unspecified atom stereocenters. The number of nitrogens with one attached hydrogen (secondary N) is 1. The van der Waals surface area contributed by atoms with Crippen LogP contribution in [0, 0.1) is 0 Å². The van der Waals surface area contributed by atoms with E-state index in [0.29, 0.717) is 0 Å². The Labute approximate surface area is 121 Å². The van der Waals surface area contributed by atoms with Crippen LogP contribution in [0.4, 0.5) is 18.9 Å². The molecule has 1 aromatic carbocycles. The van der Waals surface area contributed by atoms with Crippen molar-refractivity contribution in [1.82, 2.24) is 0 Å². The first-order valence-electron chi connectivity index (χ1n) is 4.75. The lowest BCUT2D eigenvalue weighted by atomic mass is 10.3.